The molecule has 2 N–H and O–H groups in total. The Morgan fingerprint density at radius 1 is 1.33 bits per heavy atom. The SMILES string of the molecule is CC(C)C[C@H](C)[C@@H](O)CC(=O)O. The summed E-state index contributed by atoms with van der Waals surface area (Å²) in [5, 5.41) is 17.8. The molecule has 0 amide bonds. The van der Waals surface area contributed by atoms with Gasteiger partial charge in [-0.1, -0.05) is 20.8 Å². The van der Waals surface area contributed by atoms with Crippen molar-refractivity contribution < 1.29 is 15.0 Å². The van der Waals surface area contributed by atoms with Crippen molar-refractivity contribution in [2.75, 3.05) is 0 Å². The zero-order valence-electron chi connectivity index (χ0n) is 7.95. The third kappa shape index (κ3) is 5.13. The summed E-state index contributed by atoms with van der Waals surface area (Å²) in [4.78, 5) is 10.2. The fourth-order valence-electron chi connectivity index (χ4n) is 1.28. The number of aliphatic hydroxyl groups excluding tert-OH is 1. The smallest absolute Gasteiger partial charge is 0.305 e. The van der Waals surface area contributed by atoms with Crippen LogP contribution >= 0.6 is 0 Å². The van der Waals surface area contributed by atoms with Crippen LogP contribution in [0.5, 0.6) is 0 Å². The van der Waals surface area contributed by atoms with Gasteiger partial charge in [0.15, 0.2) is 0 Å². The molecule has 0 aromatic carbocycles. The molecule has 0 bridgehead atoms. The second-order valence-electron chi connectivity index (χ2n) is 3.77. The molecule has 0 fully saturated rings. The predicted octanol–water partition coefficient (Wildman–Crippen LogP) is 1.50. The number of hydrogen-bond acceptors (Lipinski definition) is 2. The first-order valence-corrected chi connectivity index (χ1v) is 4.33. The standard InChI is InChI=1S/C9H18O3/c1-6(2)4-7(3)8(10)5-9(11)12/h6-8,10H,4-5H2,1-3H3,(H,11,12)/t7-,8-/m0/s1. The van der Waals surface area contributed by atoms with Crippen LogP contribution in [0.25, 0.3) is 0 Å². The second kappa shape index (κ2) is 5.14. The molecule has 0 aliphatic carbocycles. The van der Waals surface area contributed by atoms with Crippen molar-refractivity contribution in [1.29, 1.82) is 0 Å². The van der Waals surface area contributed by atoms with Crippen molar-refractivity contribution in [3.05, 3.63) is 0 Å². The zero-order chi connectivity index (χ0) is 9.72. The molecule has 2 atom stereocenters. The largest absolute Gasteiger partial charge is 0.481 e. The first kappa shape index (κ1) is 11.4. The fraction of sp³-hybridized carbons (Fsp3) is 0.889. The van der Waals surface area contributed by atoms with E-state index in [4.69, 9.17) is 5.11 Å². The Labute approximate surface area is 73.4 Å². The maximum Gasteiger partial charge on any atom is 0.305 e. The molecule has 0 spiro atoms. The predicted molar refractivity (Wildman–Crippen MR) is 46.9 cm³/mol. The van der Waals surface area contributed by atoms with Crippen molar-refractivity contribution in [3.63, 3.8) is 0 Å². The molecule has 0 heterocycles. The van der Waals surface area contributed by atoms with Gasteiger partial charge in [-0.15, -0.1) is 0 Å². The number of rotatable bonds is 5. The third-order valence-electron chi connectivity index (χ3n) is 1.88. The van der Waals surface area contributed by atoms with Crippen LogP contribution in [-0.2, 0) is 4.79 Å². The van der Waals surface area contributed by atoms with E-state index in [1.54, 1.807) is 0 Å². The second-order valence-corrected chi connectivity index (χ2v) is 3.77. The number of hydrogen-bond donors (Lipinski definition) is 2. The lowest BCUT2D eigenvalue weighted by molar-refractivity contribution is -0.140. The summed E-state index contributed by atoms with van der Waals surface area (Å²) in [6, 6.07) is 0. The number of carbonyl (C=O) groups is 1. The summed E-state index contributed by atoms with van der Waals surface area (Å²) in [5.74, 6) is -0.359. The minimum atomic E-state index is -0.932. The van der Waals surface area contributed by atoms with E-state index in [1.165, 1.54) is 0 Å². The maximum atomic E-state index is 10.2. The molecule has 3 heteroatoms. The molecule has 0 saturated heterocycles. The molecular weight excluding hydrogens is 156 g/mol. The number of aliphatic hydroxyl groups is 1. The van der Waals surface area contributed by atoms with Crippen molar-refractivity contribution in [2.45, 2.75) is 39.7 Å². The van der Waals surface area contributed by atoms with E-state index in [0.29, 0.717) is 5.92 Å². The van der Waals surface area contributed by atoms with E-state index < -0.39 is 12.1 Å². The van der Waals surface area contributed by atoms with Gasteiger partial charge in [0.25, 0.3) is 0 Å². The average Bonchev–Trinajstić information content (AvgIpc) is 1.84. The molecule has 0 aliphatic rings. The molecule has 72 valence electrons. The molecule has 0 aromatic heterocycles. The highest BCUT2D eigenvalue weighted by atomic mass is 16.4. The molecular formula is C9H18O3. The first-order valence-electron chi connectivity index (χ1n) is 4.33. The minimum absolute atomic E-state index is 0.0705. The van der Waals surface area contributed by atoms with Crippen LogP contribution in [0, 0.1) is 11.8 Å². The van der Waals surface area contributed by atoms with Gasteiger partial charge in [0.1, 0.15) is 0 Å². The molecule has 0 rings (SSSR count). The van der Waals surface area contributed by atoms with Gasteiger partial charge < -0.3 is 10.2 Å². The first-order chi connectivity index (χ1) is 5.43. The lowest BCUT2D eigenvalue weighted by Crippen LogP contribution is -2.22. The molecule has 12 heavy (non-hydrogen) atoms. The van der Waals surface area contributed by atoms with Crippen molar-refractivity contribution in [1.82, 2.24) is 0 Å². The van der Waals surface area contributed by atoms with Crippen molar-refractivity contribution >= 4 is 5.97 Å². The van der Waals surface area contributed by atoms with Gasteiger partial charge in [-0.05, 0) is 18.3 Å². The van der Waals surface area contributed by atoms with Crippen LogP contribution in [0.1, 0.15) is 33.6 Å². The summed E-state index contributed by atoms with van der Waals surface area (Å²) >= 11 is 0. The lowest BCUT2D eigenvalue weighted by atomic mass is 9.92. The Morgan fingerprint density at radius 2 is 1.83 bits per heavy atom. The highest BCUT2D eigenvalue weighted by molar-refractivity contribution is 5.67. The Bertz CT molecular complexity index is 143. The Kier molecular flexibility index (Phi) is 4.90. The Morgan fingerprint density at radius 3 is 2.17 bits per heavy atom. The highest BCUT2D eigenvalue weighted by Gasteiger charge is 2.18. The third-order valence-corrected chi connectivity index (χ3v) is 1.88. The minimum Gasteiger partial charge on any atom is -0.481 e. The molecule has 0 unspecified atom stereocenters. The van der Waals surface area contributed by atoms with Crippen LogP contribution in [0.15, 0.2) is 0 Å². The van der Waals surface area contributed by atoms with Gasteiger partial charge in [-0.3, -0.25) is 4.79 Å². The highest BCUT2D eigenvalue weighted by Crippen LogP contribution is 2.16. The number of aliphatic carboxylic acids is 1. The monoisotopic (exact) mass is 174 g/mol. The van der Waals surface area contributed by atoms with Crippen LogP contribution in [0.4, 0.5) is 0 Å². The van der Waals surface area contributed by atoms with Gasteiger partial charge in [-0.2, -0.15) is 0 Å². The lowest BCUT2D eigenvalue weighted by Gasteiger charge is -2.18. The van der Waals surface area contributed by atoms with E-state index in [0.717, 1.165) is 6.42 Å². The van der Waals surface area contributed by atoms with Crippen LogP contribution in [0.2, 0.25) is 0 Å². The van der Waals surface area contributed by atoms with Crippen molar-refractivity contribution in [3.8, 4) is 0 Å². The Balaban J connectivity index is 3.76. The van der Waals surface area contributed by atoms with Crippen LogP contribution < -0.4 is 0 Å². The van der Waals surface area contributed by atoms with Gasteiger partial charge in [-0.25, -0.2) is 0 Å². The average molecular weight is 174 g/mol. The van der Waals surface area contributed by atoms with Crippen molar-refractivity contribution in [2.24, 2.45) is 11.8 Å². The normalized spacial score (nSPS) is 16.1. The molecule has 3 nitrogen and oxygen atoms in total. The van der Waals surface area contributed by atoms with E-state index >= 15 is 0 Å². The molecule has 0 radical (unpaired) electrons. The van der Waals surface area contributed by atoms with Crippen LogP contribution in [0.3, 0.4) is 0 Å². The van der Waals surface area contributed by atoms with Gasteiger partial charge in [0.2, 0.25) is 0 Å². The van der Waals surface area contributed by atoms with E-state index in [1.807, 2.05) is 6.92 Å². The van der Waals surface area contributed by atoms with Gasteiger partial charge in [0, 0.05) is 0 Å². The van der Waals surface area contributed by atoms with Gasteiger partial charge in [0.05, 0.1) is 12.5 Å². The zero-order valence-corrected chi connectivity index (χ0v) is 7.95. The summed E-state index contributed by atoms with van der Waals surface area (Å²) in [7, 11) is 0. The van der Waals surface area contributed by atoms with E-state index in [-0.39, 0.29) is 12.3 Å². The quantitative estimate of drug-likeness (QED) is 0.664. The van der Waals surface area contributed by atoms with E-state index in [2.05, 4.69) is 13.8 Å². The fourth-order valence-corrected chi connectivity index (χ4v) is 1.28. The van der Waals surface area contributed by atoms with Crippen LogP contribution in [-0.4, -0.2) is 22.3 Å². The van der Waals surface area contributed by atoms with Gasteiger partial charge >= 0.3 is 5.97 Å². The molecule has 0 saturated carbocycles. The number of carboxylic acid groups (broad SMARTS) is 1. The maximum absolute atomic E-state index is 10.2. The number of carboxylic acids is 1. The summed E-state index contributed by atoms with van der Waals surface area (Å²) in [6.45, 7) is 6.00. The summed E-state index contributed by atoms with van der Waals surface area (Å²) < 4.78 is 0. The Hall–Kier alpha value is -0.570. The topological polar surface area (TPSA) is 57.5 Å². The molecule has 0 aliphatic heterocycles. The molecule has 0 aromatic rings. The van der Waals surface area contributed by atoms with E-state index in [9.17, 15) is 9.90 Å². The summed E-state index contributed by atoms with van der Waals surface area (Å²) in [6.07, 6.45) is 0.0207. The summed E-state index contributed by atoms with van der Waals surface area (Å²) in [5.41, 5.74) is 0.